The van der Waals surface area contributed by atoms with E-state index in [0.717, 1.165) is 0 Å². The van der Waals surface area contributed by atoms with E-state index in [1.165, 1.54) is 7.11 Å². The van der Waals surface area contributed by atoms with Gasteiger partial charge >= 0.3 is 0 Å². The minimum atomic E-state index is 0.121. The molecule has 0 saturated heterocycles. The number of nitrogens with zero attached hydrogens (tertiary/aromatic N) is 1. The molecule has 0 aliphatic rings. The van der Waals surface area contributed by atoms with Crippen molar-refractivity contribution in [2.75, 3.05) is 27.6 Å². The first-order valence-corrected chi connectivity index (χ1v) is 4.90. The Morgan fingerprint density at radius 1 is 1.38 bits per heavy atom. The molecule has 0 aliphatic carbocycles. The van der Waals surface area contributed by atoms with Gasteiger partial charge in [0, 0.05) is 32.0 Å². The number of ether oxygens (including phenoxy) is 3. The van der Waals surface area contributed by atoms with Crippen LogP contribution in [0.4, 0.5) is 0 Å². The standard InChI is InChI=1S/C11H12ClNO3/c1-14-5-3-4-9-6-10(16-8-15-2)11(12)13-7-9/h6-7H,5,8H2,1-2H3. The second-order valence-electron chi connectivity index (χ2n) is 2.80. The maximum atomic E-state index is 5.83. The summed E-state index contributed by atoms with van der Waals surface area (Å²) >= 11 is 5.83. The van der Waals surface area contributed by atoms with E-state index in [-0.39, 0.29) is 11.9 Å². The Bertz CT molecular complexity index is 398. The van der Waals surface area contributed by atoms with Crippen LogP contribution < -0.4 is 4.74 Å². The maximum Gasteiger partial charge on any atom is 0.188 e. The predicted octanol–water partition coefficient (Wildman–Crippen LogP) is 1.72. The van der Waals surface area contributed by atoms with Crippen LogP contribution in [0.15, 0.2) is 12.3 Å². The van der Waals surface area contributed by atoms with E-state index in [1.54, 1.807) is 19.4 Å². The monoisotopic (exact) mass is 241 g/mol. The van der Waals surface area contributed by atoms with Gasteiger partial charge in [0.2, 0.25) is 0 Å². The van der Waals surface area contributed by atoms with Gasteiger partial charge in [0.1, 0.15) is 6.61 Å². The molecule has 86 valence electrons. The van der Waals surface area contributed by atoms with Crippen molar-refractivity contribution >= 4 is 11.6 Å². The van der Waals surface area contributed by atoms with Crippen molar-refractivity contribution in [1.82, 2.24) is 4.98 Å². The van der Waals surface area contributed by atoms with E-state index in [2.05, 4.69) is 16.8 Å². The Balaban J connectivity index is 2.77. The largest absolute Gasteiger partial charge is 0.464 e. The predicted molar refractivity (Wildman–Crippen MR) is 60.5 cm³/mol. The number of halogens is 1. The van der Waals surface area contributed by atoms with Crippen LogP contribution in [0.2, 0.25) is 5.15 Å². The van der Waals surface area contributed by atoms with Crippen LogP contribution in [0.1, 0.15) is 5.56 Å². The molecule has 0 aliphatic heterocycles. The summed E-state index contributed by atoms with van der Waals surface area (Å²) in [6.07, 6.45) is 1.57. The molecule has 0 atom stereocenters. The van der Waals surface area contributed by atoms with E-state index >= 15 is 0 Å². The molecular weight excluding hydrogens is 230 g/mol. The summed E-state index contributed by atoms with van der Waals surface area (Å²) in [5.41, 5.74) is 0.715. The molecule has 16 heavy (non-hydrogen) atoms. The topological polar surface area (TPSA) is 40.6 Å². The summed E-state index contributed by atoms with van der Waals surface area (Å²) in [5, 5.41) is 0.286. The van der Waals surface area contributed by atoms with E-state index in [9.17, 15) is 0 Å². The third-order valence-electron chi connectivity index (χ3n) is 1.59. The average molecular weight is 242 g/mol. The number of pyridine rings is 1. The van der Waals surface area contributed by atoms with Crippen LogP contribution in [0, 0.1) is 11.8 Å². The lowest BCUT2D eigenvalue weighted by molar-refractivity contribution is 0.0509. The van der Waals surface area contributed by atoms with Gasteiger partial charge in [-0.05, 0) is 0 Å². The van der Waals surface area contributed by atoms with Gasteiger partial charge in [-0.1, -0.05) is 23.4 Å². The van der Waals surface area contributed by atoms with Crippen molar-refractivity contribution in [3.63, 3.8) is 0 Å². The third kappa shape index (κ3) is 4.07. The lowest BCUT2D eigenvalue weighted by atomic mass is 10.3. The maximum absolute atomic E-state index is 5.83. The van der Waals surface area contributed by atoms with Crippen LogP contribution in [0.5, 0.6) is 5.75 Å². The van der Waals surface area contributed by atoms with E-state index < -0.39 is 0 Å². The van der Waals surface area contributed by atoms with Gasteiger partial charge in [0.05, 0.1) is 0 Å². The first-order valence-electron chi connectivity index (χ1n) is 4.53. The lowest BCUT2D eigenvalue weighted by Gasteiger charge is -2.05. The molecule has 1 aromatic heterocycles. The van der Waals surface area contributed by atoms with Crippen molar-refractivity contribution in [3.8, 4) is 17.6 Å². The van der Waals surface area contributed by atoms with Crippen LogP contribution in [-0.4, -0.2) is 32.6 Å². The van der Waals surface area contributed by atoms with E-state index in [4.69, 9.17) is 25.8 Å². The quantitative estimate of drug-likeness (QED) is 0.457. The van der Waals surface area contributed by atoms with Crippen LogP contribution in [-0.2, 0) is 9.47 Å². The molecule has 0 radical (unpaired) electrons. The Labute approximate surface area is 99.5 Å². The number of aromatic nitrogens is 1. The molecule has 0 aromatic carbocycles. The second-order valence-corrected chi connectivity index (χ2v) is 3.16. The van der Waals surface area contributed by atoms with Gasteiger partial charge in [-0.3, -0.25) is 0 Å². The van der Waals surface area contributed by atoms with Gasteiger partial charge < -0.3 is 14.2 Å². The molecule has 1 rings (SSSR count). The molecule has 0 unspecified atom stereocenters. The van der Waals surface area contributed by atoms with Crippen LogP contribution >= 0.6 is 11.6 Å². The zero-order chi connectivity index (χ0) is 11.8. The number of hydrogen-bond donors (Lipinski definition) is 0. The van der Waals surface area contributed by atoms with Crippen molar-refractivity contribution < 1.29 is 14.2 Å². The molecule has 0 amide bonds. The van der Waals surface area contributed by atoms with Crippen LogP contribution in [0.3, 0.4) is 0 Å². The van der Waals surface area contributed by atoms with E-state index in [1.807, 2.05) is 0 Å². The van der Waals surface area contributed by atoms with Gasteiger partial charge in [-0.2, -0.15) is 0 Å². The minimum absolute atomic E-state index is 0.121. The first kappa shape index (κ1) is 12.8. The van der Waals surface area contributed by atoms with Gasteiger partial charge in [-0.15, -0.1) is 0 Å². The highest BCUT2D eigenvalue weighted by Gasteiger charge is 2.03. The summed E-state index contributed by atoms with van der Waals surface area (Å²) < 4.78 is 14.8. The normalized spacial score (nSPS) is 9.44. The fourth-order valence-electron chi connectivity index (χ4n) is 0.930. The molecule has 0 fully saturated rings. The SMILES string of the molecule is COCC#Cc1cnc(Cl)c(OCOC)c1. The second kappa shape index (κ2) is 7.07. The molecule has 0 spiro atoms. The van der Waals surface area contributed by atoms with Crippen LogP contribution in [0.25, 0.3) is 0 Å². The summed E-state index contributed by atoms with van der Waals surface area (Å²) in [6.45, 7) is 0.493. The Morgan fingerprint density at radius 2 is 2.19 bits per heavy atom. The van der Waals surface area contributed by atoms with Crippen molar-refractivity contribution in [1.29, 1.82) is 0 Å². The number of methoxy groups -OCH3 is 2. The summed E-state index contributed by atoms with van der Waals surface area (Å²) in [4.78, 5) is 3.95. The Morgan fingerprint density at radius 3 is 2.88 bits per heavy atom. The molecular formula is C11H12ClNO3. The zero-order valence-corrected chi connectivity index (χ0v) is 9.87. The van der Waals surface area contributed by atoms with Crippen molar-refractivity contribution in [2.45, 2.75) is 0 Å². The fourth-order valence-corrected chi connectivity index (χ4v) is 1.09. The molecule has 5 heteroatoms. The number of rotatable bonds is 4. The molecule has 4 nitrogen and oxygen atoms in total. The van der Waals surface area contributed by atoms with Gasteiger partial charge in [0.25, 0.3) is 0 Å². The molecule has 0 saturated carbocycles. The smallest absolute Gasteiger partial charge is 0.188 e. The molecule has 1 heterocycles. The highest BCUT2D eigenvalue weighted by atomic mass is 35.5. The first-order chi connectivity index (χ1) is 7.77. The average Bonchev–Trinajstić information content (AvgIpc) is 2.30. The molecule has 0 bridgehead atoms. The summed E-state index contributed by atoms with van der Waals surface area (Å²) in [5.74, 6) is 6.14. The minimum Gasteiger partial charge on any atom is -0.464 e. The summed E-state index contributed by atoms with van der Waals surface area (Å²) in [6, 6.07) is 1.71. The zero-order valence-electron chi connectivity index (χ0n) is 9.12. The highest BCUT2D eigenvalue weighted by molar-refractivity contribution is 6.30. The van der Waals surface area contributed by atoms with Gasteiger partial charge in [0.15, 0.2) is 17.7 Å². The van der Waals surface area contributed by atoms with E-state index in [0.29, 0.717) is 17.9 Å². The molecule has 1 aromatic rings. The Kier molecular flexibility index (Phi) is 5.65. The summed E-state index contributed by atoms with van der Waals surface area (Å²) in [7, 11) is 3.12. The van der Waals surface area contributed by atoms with Gasteiger partial charge in [-0.25, -0.2) is 4.98 Å². The highest BCUT2D eigenvalue weighted by Crippen LogP contribution is 2.22. The third-order valence-corrected chi connectivity index (χ3v) is 1.87. The molecule has 0 N–H and O–H groups in total. The van der Waals surface area contributed by atoms with Crippen molar-refractivity contribution in [2.24, 2.45) is 0 Å². The van der Waals surface area contributed by atoms with Crippen molar-refractivity contribution in [3.05, 3.63) is 23.0 Å². The fraction of sp³-hybridized carbons (Fsp3) is 0.364. The number of hydrogen-bond acceptors (Lipinski definition) is 4. The Hall–Kier alpha value is -1.28. The lowest BCUT2D eigenvalue weighted by Crippen LogP contribution is -2.00.